The molecule has 4 aromatic rings. The predicted octanol–water partition coefficient (Wildman–Crippen LogP) is 3.87. The minimum absolute atomic E-state index is 0.0109. The average molecular weight is 521 g/mol. The van der Waals surface area contributed by atoms with Gasteiger partial charge in [0, 0.05) is 18.4 Å². The van der Waals surface area contributed by atoms with Gasteiger partial charge in [-0.05, 0) is 67.6 Å². The van der Waals surface area contributed by atoms with Gasteiger partial charge in [-0.2, -0.15) is 23.4 Å². The average Bonchev–Trinajstić information content (AvgIpc) is 3.13. The molecule has 1 aliphatic carbocycles. The van der Waals surface area contributed by atoms with E-state index in [0.717, 1.165) is 36.3 Å². The van der Waals surface area contributed by atoms with Crippen LogP contribution in [0.4, 0.5) is 24.8 Å². The smallest absolute Gasteiger partial charge is 0.324 e. The minimum Gasteiger partial charge on any atom is -0.324 e. The fourth-order valence-electron chi connectivity index (χ4n) is 5.08. The molecular formula is C26H23F3N8O. The number of anilines is 2. The summed E-state index contributed by atoms with van der Waals surface area (Å²) in [5, 5.41) is 16.1. The predicted molar refractivity (Wildman–Crippen MR) is 133 cm³/mol. The standard InChI is InChI=1S/C26H23F3N8O/c27-26(28,29)15-36-23(38)19-13-32-24(33-18-6-5-17-12-31-10-7-16(17)11-18)35-22(19)37(36)21-4-1-3-20(34-21)25(14-30)8-2-9-25/h1,3-6,11,13,31H,2,7-10,12,15H2,(H,32,33,35). The number of fused-ring (bicyclic) bond motifs is 2. The monoisotopic (exact) mass is 520 g/mol. The molecule has 0 radical (unpaired) electrons. The first-order valence-corrected chi connectivity index (χ1v) is 12.3. The number of pyridine rings is 1. The topological polar surface area (TPSA) is 113 Å². The molecule has 9 nitrogen and oxygen atoms in total. The van der Waals surface area contributed by atoms with E-state index in [9.17, 15) is 23.2 Å². The summed E-state index contributed by atoms with van der Waals surface area (Å²) in [6, 6.07) is 13.0. The quantitative estimate of drug-likeness (QED) is 0.411. The highest BCUT2D eigenvalue weighted by Crippen LogP contribution is 2.42. The number of nitrogens with one attached hydrogen (secondary N) is 2. The van der Waals surface area contributed by atoms with E-state index in [0.29, 0.717) is 23.2 Å². The van der Waals surface area contributed by atoms with Gasteiger partial charge in [0.15, 0.2) is 11.5 Å². The number of rotatable bonds is 5. The lowest BCUT2D eigenvalue weighted by molar-refractivity contribution is -0.144. The third-order valence-electron chi connectivity index (χ3n) is 7.22. The summed E-state index contributed by atoms with van der Waals surface area (Å²) in [6.45, 7) is 0.131. The van der Waals surface area contributed by atoms with Crippen LogP contribution in [-0.2, 0) is 24.9 Å². The van der Waals surface area contributed by atoms with Crippen molar-refractivity contribution in [3.05, 3.63) is 69.8 Å². The van der Waals surface area contributed by atoms with Crippen molar-refractivity contribution >= 4 is 22.7 Å². The Balaban J connectivity index is 1.47. The zero-order chi connectivity index (χ0) is 26.5. The van der Waals surface area contributed by atoms with Gasteiger partial charge in [0.2, 0.25) is 5.95 Å². The van der Waals surface area contributed by atoms with Crippen LogP contribution >= 0.6 is 0 Å². The van der Waals surface area contributed by atoms with Crippen molar-refractivity contribution in [2.45, 2.75) is 50.4 Å². The molecule has 0 unspecified atom stereocenters. The highest BCUT2D eigenvalue weighted by molar-refractivity contribution is 5.77. The van der Waals surface area contributed by atoms with Crippen molar-refractivity contribution in [1.29, 1.82) is 5.26 Å². The Morgan fingerprint density at radius 3 is 2.74 bits per heavy atom. The Morgan fingerprint density at radius 1 is 1.16 bits per heavy atom. The fourth-order valence-corrected chi connectivity index (χ4v) is 5.08. The van der Waals surface area contributed by atoms with Crippen molar-refractivity contribution in [2.24, 2.45) is 0 Å². The number of aromatic nitrogens is 5. The Hall–Kier alpha value is -4.24. The molecular weight excluding hydrogens is 497 g/mol. The summed E-state index contributed by atoms with van der Waals surface area (Å²) in [7, 11) is 0. The highest BCUT2D eigenvalue weighted by Gasteiger charge is 2.41. The van der Waals surface area contributed by atoms with E-state index < -0.39 is 23.7 Å². The first kappa shape index (κ1) is 24.1. The molecule has 1 fully saturated rings. The van der Waals surface area contributed by atoms with Crippen LogP contribution in [0.15, 0.2) is 47.4 Å². The number of halogens is 3. The van der Waals surface area contributed by atoms with Crippen LogP contribution in [0.5, 0.6) is 0 Å². The van der Waals surface area contributed by atoms with Gasteiger partial charge in [-0.1, -0.05) is 12.1 Å². The molecule has 6 rings (SSSR count). The van der Waals surface area contributed by atoms with E-state index in [1.807, 2.05) is 18.2 Å². The summed E-state index contributed by atoms with van der Waals surface area (Å²) in [5.74, 6) is 0.208. The number of nitriles is 1. The highest BCUT2D eigenvalue weighted by atomic mass is 19.4. The van der Waals surface area contributed by atoms with Gasteiger partial charge in [-0.25, -0.2) is 19.3 Å². The van der Waals surface area contributed by atoms with Crippen LogP contribution in [0.1, 0.15) is 36.1 Å². The van der Waals surface area contributed by atoms with Crippen LogP contribution in [0.2, 0.25) is 0 Å². The van der Waals surface area contributed by atoms with E-state index in [2.05, 4.69) is 31.7 Å². The molecule has 12 heteroatoms. The zero-order valence-corrected chi connectivity index (χ0v) is 20.2. The van der Waals surface area contributed by atoms with Gasteiger partial charge >= 0.3 is 6.18 Å². The molecule has 194 valence electrons. The van der Waals surface area contributed by atoms with Gasteiger partial charge in [0.05, 0.1) is 17.2 Å². The Bertz CT molecular complexity index is 1650. The van der Waals surface area contributed by atoms with Crippen LogP contribution in [0, 0.1) is 11.3 Å². The summed E-state index contributed by atoms with van der Waals surface area (Å²) < 4.78 is 42.3. The molecule has 1 aromatic carbocycles. The van der Waals surface area contributed by atoms with Crippen LogP contribution in [0.25, 0.3) is 16.9 Å². The normalized spacial score (nSPS) is 16.5. The van der Waals surface area contributed by atoms with Crippen molar-refractivity contribution in [1.82, 2.24) is 29.6 Å². The second kappa shape index (κ2) is 8.95. The molecule has 3 aromatic heterocycles. The van der Waals surface area contributed by atoms with Crippen molar-refractivity contribution < 1.29 is 13.2 Å². The SMILES string of the molecule is N#CC1(c2cccc(-n3c4nc(Nc5ccc6c(c5)CCNC6)ncc4c(=O)n3CC(F)(F)F)n2)CCC1. The molecule has 1 aliphatic heterocycles. The molecule has 0 spiro atoms. The van der Waals surface area contributed by atoms with Gasteiger partial charge in [0.1, 0.15) is 11.9 Å². The molecule has 38 heavy (non-hydrogen) atoms. The lowest BCUT2D eigenvalue weighted by Crippen LogP contribution is -2.34. The summed E-state index contributed by atoms with van der Waals surface area (Å²) >= 11 is 0. The molecule has 0 atom stereocenters. The Morgan fingerprint density at radius 2 is 2.00 bits per heavy atom. The van der Waals surface area contributed by atoms with E-state index >= 15 is 0 Å². The third kappa shape index (κ3) is 4.18. The zero-order valence-electron chi connectivity index (χ0n) is 20.2. The van der Waals surface area contributed by atoms with E-state index in [-0.39, 0.29) is 22.8 Å². The first-order chi connectivity index (χ1) is 18.3. The Kier molecular flexibility index (Phi) is 5.68. The lowest BCUT2D eigenvalue weighted by atomic mass is 9.67. The number of benzene rings is 1. The van der Waals surface area contributed by atoms with Gasteiger partial charge < -0.3 is 10.6 Å². The Labute approximate surface area is 214 Å². The number of nitrogens with zero attached hydrogens (tertiary/aromatic N) is 6. The first-order valence-electron chi connectivity index (χ1n) is 12.3. The van der Waals surface area contributed by atoms with Crippen molar-refractivity contribution in [2.75, 3.05) is 11.9 Å². The van der Waals surface area contributed by atoms with Crippen molar-refractivity contribution in [3.8, 4) is 11.9 Å². The van der Waals surface area contributed by atoms with Crippen molar-refractivity contribution in [3.63, 3.8) is 0 Å². The van der Waals surface area contributed by atoms with E-state index in [4.69, 9.17) is 0 Å². The maximum atomic E-state index is 13.5. The van der Waals surface area contributed by atoms with Crippen LogP contribution in [-0.4, -0.2) is 37.0 Å². The molecule has 0 amide bonds. The molecule has 0 bridgehead atoms. The summed E-state index contributed by atoms with van der Waals surface area (Å²) in [6.07, 6.45) is -0.459. The lowest BCUT2D eigenvalue weighted by Gasteiger charge is -2.34. The van der Waals surface area contributed by atoms with E-state index in [1.54, 1.807) is 12.1 Å². The maximum Gasteiger partial charge on any atom is 0.408 e. The van der Waals surface area contributed by atoms with Crippen LogP contribution < -0.4 is 16.2 Å². The molecule has 1 saturated carbocycles. The number of hydrogen-bond acceptors (Lipinski definition) is 7. The molecule has 2 aliphatic rings. The molecule has 4 heterocycles. The summed E-state index contributed by atoms with van der Waals surface area (Å²) in [5.41, 5.74) is 1.91. The largest absolute Gasteiger partial charge is 0.408 e. The molecule has 2 N–H and O–H groups in total. The maximum absolute atomic E-state index is 13.5. The van der Waals surface area contributed by atoms with Gasteiger partial charge in [-0.15, -0.1) is 0 Å². The second-order valence-corrected chi connectivity index (χ2v) is 9.68. The number of alkyl halides is 3. The third-order valence-corrected chi connectivity index (χ3v) is 7.22. The van der Waals surface area contributed by atoms with E-state index in [1.165, 1.54) is 23.4 Å². The second-order valence-electron chi connectivity index (χ2n) is 9.68. The minimum atomic E-state index is -4.66. The fraction of sp³-hybridized carbons (Fsp3) is 0.346. The molecule has 0 saturated heterocycles. The van der Waals surface area contributed by atoms with Crippen LogP contribution in [0.3, 0.4) is 0 Å². The number of hydrogen-bond donors (Lipinski definition) is 2. The van der Waals surface area contributed by atoms with Gasteiger partial charge in [-0.3, -0.25) is 4.79 Å². The van der Waals surface area contributed by atoms with Gasteiger partial charge in [0.25, 0.3) is 5.56 Å². The summed E-state index contributed by atoms with van der Waals surface area (Å²) in [4.78, 5) is 26.3.